The molecule has 16 heteroatoms. The lowest BCUT2D eigenvalue weighted by atomic mass is 10.0. The van der Waals surface area contributed by atoms with Crippen molar-refractivity contribution in [3.63, 3.8) is 0 Å². The Kier molecular flexibility index (Phi) is 37.6. The average molecular weight is 844 g/mol. The quantitative estimate of drug-likeness (QED) is 0.0470. The maximum atomic E-state index is 12.3. The van der Waals surface area contributed by atoms with Gasteiger partial charge in [0.2, 0.25) is 17.7 Å². The normalized spacial score (nSPS) is 12.2. The molecular weight excluding hydrogens is 766 g/mol. The van der Waals surface area contributed by atoms with Crippen molar-refractivity contribution in [2.45, 2.75) is 180 Å². The third kappa shape index (κ3) is 38.5. The fourth-order valence-corrected chi connectivity index (χ4v) is 6.17. The van der Waals surface area contributed by atoms with Crippen LogP contribution >= 0.6 is 0 Å². The summed E-state index contributed by atoms with van der Waals surface area (Å²) in [5.74, 6) is -3.34. The molecule has 6 N–H and O–H groups in total. The molecule has 2 atom stereocenters. The van der Waals surface area contributed by atoms with E-state index in [1.165, 1.54) is 44.9 Å². The van der Waals surface area contributed by atoms with Crippen LogP contribution in [0.4, 0.5) is 0 Å². The fraction of sp³-hybridized carbons (Fsp3) is 0.837. The lowest BCUT2D eigenvalue weighted by Gasteiger charge is -2.15. The summed E-state index contributed by atoms with van der Waals surface area (Å²) in [6.45, 7) is 3.33. The highest BCUT2D eigenvalue weighted by Crippen LogP contribution is 2.14. The van der Waals surface area contributed by atoms with Crippen molar-refractivity contribution in [2.75, 3.05) is 52.9 Å². The van der Waals surface area contributed by atoms with Crippen LogP contribution in [0.3, 0.4) is 0 Å². The molecule has 16 nitrogen and oxygen atoms in total. The molecule has 0 aromatic heterocycles. The SMILES string of the molecule is CCCC[C@H](NC(=O)COCCOCCCC(=O)COCCOCCCC(=O)CC[C@H](NC(=O)CCCCCCCCCCCCCCCCC(=O)O)C(=O)O)C(N)=O. The Hall–Kier alpha value is -3.47. The molecule has 3 amide bonds. The standard InChI is InChI=1S/C43H77N3O13/c1-2-3-22-37(42(44)53)45-40(50)34-59-32-30-57-28-19-21-36(48)33-58-31-29-56-27-18-20-35(47)25-26-38(43(54)55)46-39(49)23-16-14-12-10-8-6-4-5-7-9-11-13-15-17-24-41(51)52/h37-38H,2-34H2,1H3,(H2,44,53)(H,45,50)(H,46,49)(H,51,52)(H,54,55)/t37-,38-/m0/s1. The first-order valence-corrected chi connectivity index (χ1v) is 22.1. The molecule has 0 rings (SSSR count). The molecule has 0 saturated carbocycles. The highest BCUT2D eigenvalue weighted by Gasteiger charge is 2.21. The van der Waals surface area contributed by atoms with E-state index < -0.39 is 35.8 Å². The molecule has 342 valence electrons. The number of Topliss-reactive ketones (excluding diaryl/α,β-unsaturated/α-hetero) is 2. The number of nitrogens with two attached hydrogens (primary N) is 1. The van der Waals surface area contributed by atoms with E-state index in [-0.39, 0.29) is 95.6 Å². The summed E-state index contributed by atoms with van der Waals surface area (Å²) in [6.07, 6.45) is 19.4. The van der Waals surface area contributed by atoms with E-state index in [4.69, 9.17) is 29.8 Å². The number of unbranched alkanes of at least 4 members (excludes halogenated alkanes) is 14. The number of carboxylic acids is 2. The van der Waals surface area contributed by atoms with E-state index in [1.54, 1.807) is 0 Å². The van der Waals surface area contributed by atoms with E-state index in [1.807, 2.05) is 6.92 Å². The summed E-state index contributed by atoms with van der Waals surface area (Å²) in [5, 5.41) is 23.3. The number of primary amides is 1. The van der Waals surface area contributed by atoms with Gasteiger partial charge >= 0.3 is 11.9 Å². The van der Waals surface area contributed by atoms with Crippen LogP contribution < -0.4 is 16.4 Å². The van der Waals surface area contributed by atoms with Crippen molar-refractivity contribution >= 4 is 41.2 Å². The van der Waals surface area contributed by atoms with Crippen molar-refractivity contribution in [1.82, 2.24) is 10.6 Å². The van der Waals surface area contributed by atoms with E-state index in [0.717, 1.165) is 51.4 Å². The Bertz CT molecular complexity index is 1150. The molecule has 0 aliphatic rings. The van der Waals surface area contributed by atoms with Gasteiger partial charge in [-0.25, -0.2) is 4.79 Å². The molecule has 0 unspecified atom stereocenters. The van der Waals surface area contributed by atoms with Crippen molar-refractivity contribution in [3.8, 4) is 0 Å². The minimum Gasteiger partial charge on any atom is -0.481 e. The fourth-order valence-electron chi connectivity index (χ4n) is 6.17. The molecule has 0 aromatic rings. The maximum Gasteiger partial charge on any atom is 0.326 e. The maximum absolute atomic E-state index is 12.3. The summed E-state index contributed by atoms with van der Waals surface area (Å²) >= 11 is 0. The lowest BCUT2D eigenvalue weighted by molar-refractivity contribution is -0.142. The zero-order valence-corrected chi connectivity index (χ0v) is 36.0. The summed E-state index contributed by atoms with van der Waals surface area (Å²) in [5.41, 5.74) is 5.31. The Labute approximate surface area is 352 Å². The van der Waals surface area contributed by atoms with Crippen LogP contribution in [0, 0.1) is 0 Å². The van der Waals surface area contributed by atoms with Gasteiger partial charge in [-0.2, -0.15) is 0 Å². The van der Waals surface area contributed by atoms with Gasteiger partial charge in [0, 0.05) is 45.3 Å². The Morgan fingerprint density at radius 1 is 0.458 bits per heavy atom. The van der Waals surface area contributed by atoms with Gasteiger partial charge in [-0.1, -0.05) is 96.8 Å². The number of nitrogens with one attached hydrogen (secondary N) is 2. The van der Waals surface area contributed by atoms with Crippen LogP contribution in [0.15, 0.2) is 0 Å². The van der Waals surface area contributed by atoms with Crippen molar-refractivity contribution in [1.29, 1.82) is 0 Å². The molecule has 0 aromatic carbocycles. The van der Waals surface area contributed by atoms with Gasteiger partial charge < -0.3 is 45.5 Å². The molecule has 0 aliphatic carbocycles. The van der Waals surface area contributed by atoms with Gasteiger partial charge in [-0.3, -0.25) is 28.8 Å². The predicted molar refractivity (Wildman–Crippen MR) is 223 cm³/mol. The van der Waals surface area contributed by atoms with Crippen LogP contribution in [-0.4, -0.2) is 116 Å². The molecular formula is C43H77N3O13. The van der Waals surface area contributed by atoms with Crippen molar-refractivity contribution in [2.24, 2.45) is 5.73 Å². The molecule has 0 bridgehead atoms. The number of ether oxygens (including phenoxy) is 4. The molecule has 59 heavy (non-hydrogen) atoms. The van der Waals surface area contributed by atoms with Crippen molar-refractivity contribution < 1.29 is 62.7 Å². The number of hydrogen-bond donors (Lipinski definition) is 5. The number of hydrogen-bond acceptors (Lipinski definition) is 11. The van der Waals surface area contributed by atoms with Gasteiger partial charge in [-0.15, -0.1) is 0 Å². The predicted octanol–water partition coefficient (Wildman–Crippen LogP) is 5.59. The monoisotopic (exact) mass is 844 g/mol. The van der Waals surface area contributed by atoms with Gasteiger partial charge in [0.1, 0.15) is 31.1 Å². The largest absolute Gasteiger partial charge is 0.481 e. The number of rotatable bonds is 45. The Balaban J connectivity index is 3.71. The molecule has 0 fully saturated rings. The van der Waals surface area contributed by atoms with Crippen LogP contribution in [0.2, 0.25) is 0 Å². The van der Waals surface area contributed by atoms with E-state index in [0.29, 0.717) is 38.9 Å². The second-order valence-corrected chi connectivity index (χ2v) is 15.1. The smallest absolute Gasteiger partial charge is 0.326 e. The van der Waals surface area contributed by atoms with E-state index in [2.05, 4.69) is 10.6 Å². The van der Waals surface area contributed by atoms with E-state index >= 15 is 0 Å². The lowest BCUT2D eigenvalue weighted by Crippen LogP contribution is -2.45. The first-order chi connectivity index (χ1) is 28.5. The number of carbonyl (C=O) groups is 7. The molecule has 0 radical (unpaired) electrons. The van der Waals surface area contributed by atoms with Gasteiger partial charge in [0.15, 0.2) is 5.78 Å². The highest BCUT2D eigenvalue weighted by molar-refractivity contribution is 5.87. The highest BCUT2D eigenvalue weighted by atomic mass is 16.5. The zero-order valence-electron chi connectivity index (χ0n) is 36.0. The van der Waals surface area contributed by atoms with Crippen LogP contribution in [0.5, 0.6) is 0 Å². The summed E-state index contributed by atoms with van der Waals surface area (Å²) < 4.78 is 21.5. The van der Waals surface area contributed by atoms with Crippen LogP contribution in [-0.2, 0) is 52.5 Å². The molecule has 0 heterocycles. The molecule has 0 spiro atoms. The minimum atomic E-state index is -1.15. The van der Waals surface area contributed by atoms with E-state index in [9.17, 15) is 38.7 Å². The summed E-state index contributed by atoms with van der Waals surface area (Å²) in [6, 6.07) is -1.80. The molecule has 0 aliphatic heterocycles. The third-order valence-electron chi connectivity index (χ3n) is 9.64. The second-order valence-electron chi connectivity index (χ2n) is 15.1. The Morgan fingerprint density at radius 3 is 1.41 bits per heavy atom. The second kappa shape index (κ2) is 40.0. The number of amides is 3. The van der Waals surface area contributed by atoms with Crippen molar-refractivity contribution in [3.05, 3.63) is 0 Å². The minimum absolute atomic E-state index is 0.0382. The van der Waals surface area contributed by atoms with Gasteiger partial charge in [0.25, 0.3) is 0 Å². The van der Waals surface area contributed by atoms with Crippen LogP contribution in [0.25, 0.3) is 0 Å². The first-order valence-electron chi connectivity index (χ1n) is 22.1. The number of aliphatic carboxylic acids is 2. The third-order valence-corrected chi connectivity index (χ3v) is 9.64. The topological polar surface area (TPSA) is 247 Å². The summed E-state index contributed by atoms with van der Waals surface area (Å²) in [4.78, 5) is 82.2. The average Bonchev–Trinajstić information content (AvgIpc) is 3.19. The van der Waals surface area contributed by atoms with Gasteiger partial charge in [0.05, 0.1) is 26.4 Å². The first kappa shape index (κ1) is 55.5. The summed E-state index contributed by atoms with van der Waals surface area (Å²) in [7, 11) is 0. The number of ketones is 2. The zero-order chi connectivity index (χ0) is 43.8. The Morgan fingerprint density at radius 2 is 0.915 bits per heavy atom. The number of carboxylic acid groups (broad SMARTS) is 2. The molecule has 0 saturated heterocycles. The van der Waals surface area contributed by atoms with Crippen LogP contribution in [0.1, 0.15) is 167 Å². The van der Waals surface area contributed by atoms with Gasteiger partial charge in [-0.05, 0) is 38.5 Å². The number of carbonyl (C=O) groups excluding carboxylic acids is 5.